The summed E-state index contributed by atoms with van der Waals surface area (Å²) in [5, 5.41) is 8.35. The first-order valence-corrected chi connectivity index (χ1v) is 8.21. The van der Waals surface area contributed by atoms with Crippen molar-refractivity contribution < 1.29 is 27.9 Å². The zero-order valence-corrected chi connectivity index (χ0v) is 13.8. The van der Waals surface area contributed by atoms with E-state index in [9.17, 15) is 18.0 Å². The lowest BCUT2D eigenvalue weighted by atomic mass is 10.2. The molecule has 0 aliphatic carbocycles. The number of benzene rings is 1. The molecule has 7 nitrogen and oxygen atoms in total. The van der Waals surface area contributed by atoms with Crippen LogP contribution in [0.15, 0.2) is 17.0 Å². The van der Waals surface area contributed by atoms with Crippen LogP contribution in [0.3, 0.4) is 0 Å². The molecule has 0 aliphatic heterocycles. The summed E-state index contributed by atoms with van der Waals surface area (Å²) in [4.78, 5) is 21.6. The van der Waals surface area contributed by atoms with Crippen molar-refractivity contribution in [2.24, 2.45) is 0 Å². The number of hydrogen-bond acceptors (Lipinski definition) is 5. The second-order valence-electron chi connectivity index (χ2n) is 4.15. The molecule has 0 spiro atoms. The van der Waals surface area contributed by atoms with Crippen molar-refractivity contribution in [3.63, 3.8) is 0 Å². The molecule has 0 radical (unpaired) electrons. The van der Waals surface area contributed by atoms with E-state index in [2.05, 4.69) is 9.46 Å². The standard InChI is InChI=1S/C12H13Cl2NO6S/c1-21-12(18)8-5-7(13)6-9(14)11(8)22(19,20)15-4-2-3-10(16)17/h5-6,15H,2-4H2,1H3,(H,16,17). The lowest BCUT2D eigenvalue weighted by Crippen LogP contribution is -2.27. The number of carbonyl (C=O) groups excluding carboxylic acids is 1. The summed E-state index contributed by atoms with van der Waals surface area (Å²) in [6.45, 7) is -0.117. The van der Waals surface area contributed by atoms with Gasteiger partial charge in [-0.25, -0.2) is 17.9 Å². The van der Waals surface area contributed by atoms with E-state index in [0.29, 0.717) is 0 Å². The van der Waals surface area contributed by atoms with Crippen LogP contribution in [0.1, 0.15) is 23.2 Å². The molecule has 0 atom stereocenters. The van der Waals surface area contributed by atoms with Gasteiger partial charge in [0.15, 0.2) is 0 Å². The average molecular weight is 370 g/mol. The molecule has 0 unspecified atom stereocenters. The molecular weight excluding hydrogens is 357 g/mol. The van der Waals surface area contributed by atoms with Gasteiger partial charge in [0.2, 0.25) is 10.0 Å². The molecule has 0 heterocycles. The minimum atomic E-state index is -4.13. The fraction of sp³-hybridized carbons (Fsp3) is 0.333. The Balaban J connectivity index is 3.13. The van der Waals surface area contributed by atoms with E-state index in [1.54, 1.807) is 0 Å². The number of methoxy groups -OCH3 is 1. The van der Waals surface area contributed by atoms with E-state index in [0.717, 1.165) is 13.2 Å². The van der Waals surface area contributed by atoms with Gasteiger partial charge in [-0.2, -0.15) is 0 Å². The third-order valence-corrected chi connectivity index (χ3v) is 4.73. The largest absolute Gasteiger partial charge is 0.481 e. The van der Waals surface area contributed by atoms with Crippen molar-refractivity contribution in [1.82, 2.24) is 4.72 Å². The van der Waals surface area contributed by atoms with Crippen LogP contribution in [0.25, 0.3) is 0 Å². The topological polar surface area (TPSA) is 110 Å². The van der Waals surface area contributed by atoms with Crippen molar-refractivity contribution in [3.05, 3.63) is 27.7 Å². The van der Waals surface area contributed by atoms with Gasteiger partial charge in [-0.05, 0) is 18.6 Å². The molecule has 0 aromatic heterocycles. The number of hydrogen-bond donors (Lipinski definition) is 2. The number of sulfonamides is 1. The van der Waals surface area contributed by atoms with Gasteiger partial charge in [0.05, 0.1) is 17.7 Å². The van der Waals surface area contributed by atoms with Gasteiger partial charge in [0, 0.05) is 18.0 Å². The maximum atomic E-state index is 12.3. The highest BCUT2D eigenvalue weighted by molar-refractivity contribution is 7.89. The Morgan fingerprint density at radius 2 is 1.95 bits per heavy atom. The highest BCUT2D eigenvalue weighted by Crippen LogP contribution is 2.29. The Morgan fingerprint density at radius 3 is 2.50 bits per heavy atom. The van der Waals surface area contributed by atoms with Crippen molar-refractivity contribution in [3.8, 4) is 0 Å². The first kappa shape index (κ1) is 18.7. The van der Waals surface area contributed by atoms with Gasteiger partial charge in [0.25, 0.3) is 0 Å². The number of carboxylic acids is 1. The van der Waals surface area contributed by atoms with Crippen LogP contribution in [0.2, 0.25) is 10.0 Å². The molecule has 0 fully saturated rings. The molecule has 0 bridgehead atoms. The fourth-order valence-corrected chi connectivity index (χ4v) is 3.72. The minimum Gasteiger partial charge on any atom is -0.481 e. The zero-order valence-electron chi connectivity index (χ0n) is 11.4. The third-order valence-electron chi connectivity index (χ3n) is 2.54. The molecular formula is C12H13Cl2NO6S. The number of rotatable bonds is 7. The van der Waals surface area contributed by atoms with Crippen molar-refractivity contribution in [2.45, 2.75) is 17.7 Å². The van der Waals surface area contributed by atoms with Crippen LogP contribution >= 0.6 is 23.2 Å². The van der Waals surface area contributed by atoms with E-state index in [4.69, 9.17) is 28.3 Å². The molecule has 0 saturated carbocycles. The normalized spacial score (nSPS) is 11.2. The number of carbonyl (C=O) groups is 2. The highest BCUT2D eigenvalue weighted by atomic mass is 35.5. The lowest BCUT2D eigenvalue weighted by molar-refractivity contribution is -0.137. The monoisotopic (exact) mass is 369 g/mol. The Hall–Kier alpha value is -1.35. The number of carboxylic acid groups (broad SMARTS) is 1. The number of esters is 1. The Labute approximate surface area is 137 Å². The molecule has 0 aliphatic rings. The Morgan fingerprint density at radius 1 is 1.32 bits per heavy atom. The van der Waals surface area contributed by atoms with Crippen LogP contribution in [-0.2, 0) is 19.6 Å². The minimum absolute atomic E-state index is 0.0789. The van der Waals surface area contributed by atoms with Crippen molar-refractivity contribution >= 4 is 45.2 Å². The van der Waals surface area contributed by atoms with Crippen LogP contribution in [0.5, 0.6) is 0 Å². The second-order valence-corrected chi connectivity index (χ2v) is 6.70. The average Bonchev–Trinajstić information content (AvgIpc) is 2.41. The Bertz CT molecular complexity index is 689. The molecule has 2 N–H and O–H groups in total. The summed E-state index contributed by atoms with van der Waals surface area (Å²) in [5.41, 5.74) is -0.300. The molecule has 122 valence electrons. The van der Waals surface area contributed by atoms with Gasteiger partial charge >= 0.3 is 11.9 Å². The third kappa shape index (κ3) is 4.84. The first-order valence-electron chi connectivity index (χ1n) is 5.98. The van der Waals surface area contributed by atoms with Crippen LogP contribution in [0, 0.1) is 0 Å². The summed E-state index contributed by atoms with van der Waals surface area (Å²) in [7, 11) is -3.03. The summed E-state index contributed by atoms with van der Waals surface area (Å²) in [6, 6.07) is 2.31. The molecule has 1 aromatic rings. The van der Waals surface area contributed by atoms with Crippen molar-refractivity contribution in [1.29, 1.82) is 0 Å². The SMILES string of the molecule is COC(=O)c1cc(Cl)cc(Cl)c1S(=O)(=O)NCCCC(=O)O. The number of aliphatic carboxylic acids is 1. The van der Waals surface area contributed by atoms with Gasteiger partial charge in [-0.15, -0.1) is 0 Å². The summed E-state index contributed by atoms with van der Waals surface area (Å²) < 4.78 is 31.2. The zero-order chi connectivity index (χ0) is 16.9. The van der Waals surface area contributed by atoms with E-state index in [-0.39, 0.29) is 35.0 Å². The predicted molar refractivity (Wildman–Crippen MR) is 79.9 cm³/mol. The van der Waals surface area contributed by atoms with Gasteiger partial charge in [0.1, 0.15) is 4.90 Å². The van der Waals surface area contributed by atoms with E-state index in [1.165, 1.54) is 6.07 Å². The van der Waals surface area contributed by atoms with E-state index in [1.807, 2.05) is 0 Å². The number of halogens is 2. The van der Waals surface area contributed by atoms with Gasteiger partial charge in [-0.1, -0.05) is 23.2 Å². The van der Waals surface area contributed by atoms with Crippen LogP contribution in [-0.4, -0.2) is 39.1 Å². The summed E-state index contributed by atoms with van der Waals surface area (Å²) in [5.74, 6) is -1.95. The quantitative estimate of drug-likeness (QED) is 0.561. The maximum absolute atomic E-state index is 12.3. The van der Waals surface area contributed by atoms with Crippen molar-refractivity contribution in [2.75, 3.05) is 13.7 Å². The molecule has 10 heteroatoms. The first-order chi connectivity index (χ1) is 10.2. The molecule has 22 heavy (non-hydrogen) atoms. The molecule has 1 aromatic carbocycles. The Kier molecular flexibility index (Phi) is 6.61. The van der Waals surface area contributed by atoms with Gasteiger partial charge < -0.3 is 9.84 Å². The highest BCUT2D eigenvalue weighted by Gasteiger charge is 2.26. The second kappa shape index (κ2) is 7.77. The summed E-state index contributed by atoms with van der Waals surface area (Å²) in [6.07, 6.45) is -0.103. The van der Waals surface area contributed by atoms with Gasteiger partial charge in [-0.3, -0.25) is 4.79 Å². The lowest BCUT2D eigenvalue weighted by Gasteiger charge is -2.12. The molecule has 0 saturated heterocycles. The van der Waals surface area contributed by atoms with Crippen LogP contribution < -0.4 is 4.72 Å². The fourth-order valence-electron chi connectivity index (χ4n) is 1.61. The van der Waals surface area contributed by atoms with Crippen LogP contribution in [0.4, 0.5) is 0 Å². The molecule has 0 amide bonds. The summed E-state index contributed by atoms with van der Waals surface area (Å²) >= 11 is 11.6. The molecule has 1 rings (SSSR count). The number of ether oxygens (including phenoxy) is 1. The van der Waals surface area contributed by atoms with E-state index >= 15 is 0 Å². The number of nitrogens with one attached hydrogen (secondary N) is 1. The predicted octanol–water partition coefficient (Wildman–Crippen LogP) is 1.92. The van der Waals surface area contributed by atoms with E-state index < -0.39 is 26.9 Å². The maximum Gasteiger partial charge on any atom is 0.339 e. The smallest absolute Gasteiger partial charge is 0.339 e.